The molecule has 1 aliphatic heterocycles. The molecule has 1 aromatic carbocycles. The van der Waals surface area contributed by atoms with E-state index in [0.29, 0.717) is 18.7 Å². The number of nitrogens with zero attached hydrogens (tertiary/aromatic N) is 2. The zero-order valence-corrected chi connectivity index (χ0v) is 13.1. The van der Waals surface area contributed by atoms with Crippen LogP contribution in [0.15, 0.2) is 48.8 Å². The van der Waals surface area contributed by atoms with Crippen LogP contribution in [0.4, 0.5) is 4.39 Å². The van der Waals surface area contributed by atoms with Crippen LogP contribution in [0.1, 0.15) is 24.8 Å². The average Bonchev–Trinajstić information content (AvgIpc) is 3.17. The normalized spacial score (nSPS) is 26.6. The molecule has 0 spiro atoms. The first-order valence-electron chi connectivity index (χ1n) is 8.32. The van der Waals surface area contributed by atoms with E-state index < -0.39 is 0 Å². The molecule has 2 bridgehead atoms. The molecule has 4 heteroatoms. The largest absolute Gasteiger partial charge is 0.492 e. The van der Waals surface area contributed by atoms with E-state index in [1.165, 1.54) is 37.0 Å². The third-order valence-corrected chi connectivity index (χ3v) is 5.21. The number of halogens is 1. The number of hydrogen-bond donors (Lipinski definition) is 0. The number of piperidine rings is 1. The van der Waals surface area contributed by atoms with Crippen LogP contribution in [0.2, 0.25) is 0 Å². The van der Waals surface area contributed by atoms with E-state index >= 15 is 0 Å². The Morgan fingerprint density at radius 1 is 1.17 bits per heavy atom. The topological polar surface area (TPSA) is 25.4 Å². The molecule has 23 heavy (non-hydrogen) atoms. The highest BCUT2D eigenvalue weighted by Gasteiger charge is 2.45. The fourth-order valence-corrected chi connectivity index (χ4v) is 4.08. The zero-order valence-electron chi connectivity index (χ0n) is 13.1. The fraction of sp³-hybridized carbons (Fsp3) is 0.421. The van der Waals surface area contributed by atoms with E-state index in [1.54, 1.807) is 12.1 Å². The quantitative estimate of drug-likeness (QED) is 0.842. The first-order chi connectivity index (χ1) is 11.3. The predicted molar refractivity (Wildman–Crippen MR) is 86.6 cm³/mol. The van der Waals surface area contributed by atoms with Gasteiger partial charge in [0.1, 0.15) is 18.2 Å². The van der Waals surface area contributed by atoms with Crippen molar-refractivity contribution in [3.63, 3.8) is 0 Å². The van der Waals surface area contributed by atoms with Gasteiger partial charge in [-0.2, -0.15) is 0 Å². The minimum absolute atomic E-state index is 0.226. The van der Waals surface area contributed by atoms with Gasteiger partial charge in [-0.05, 0) is 61.1 Å². The number of likely N-dealkylation sites (tertiary alicyclic amines) is 1. The number of ether oxygens (including phenoxy) is 1. The summed E-state index contributed by atoms with van der Waals surface area (Å²) in [4.78, 5) is 6.80. The summed E-state index contributed by atoms with van der Waals surface area (Å²) in [7, 11) is 0. The van der Waals surface area contributed by atoms with Gasteiger partial charge in [0, 0.05) is 31.0 Å². The van der Waals surface area contributed by atoms with Crippen LogP contribution in [0.25, 0.3) is 0 Å². The number of benzene rings is 1. The second kappa shape index (κ2) is 6.28. The van der Waals surface area contributed by atoms with Crippen LogP contribution in [-0.2, 0) is 6.54 Å². The highest BCUT2D eigenvalue weighted by atomic mass is 19.1. The van der Waals surface area contributed by atoms with Crippen LogP contribution in [0.5, 0.6) is 5.75 Å². The third kappa shape index (κ3) is 3.08. The molecule has 120 valence electrons. The summed E-state index contributed by atoms with van der Waals surface area (Å²) in [6, 6.07) is 11.5. The van der Waals surface area contributed by atoms with Gasteiger partial charge >= 0.3 is 0 Å². The van der Waals surface area contributed by atoms with Crippen molar-refractivity contribution in [2.75, 3.05) is 6.61 Å². The van der Waals surface area contributed by atoms with Gasteiger partial charge in [-0.15, -0.1) is 0 Å². The molecule has 2 aromatic rings. The molecule has 2 fully saturated rings. The van der Waals surface area contributed by atoms with E-state index in [1.807, 2.05) is 18.5 Å². The SMILES string of the molecule is Fc1ccc(OC[C@H]2[C@@H]3CC[C@H](C3)N2Cc2cccnc2)cc1. The first kappa shape index (κ1) is 14.6. The van der Waals surface area contributed by atoms with Crippen molar-refractivity contribution in [2.45, 2.75) is 37.9 Å². The molecule has 2 aliphatic rings. The summed E-state index contributed by atoms with van der Waals surface area (Å²) >= 11 is 0. The smallest absolute Gasteiger partial charge is 0.123 e. The standard InChI is InChI=1S/C19H21FN2O/c20-16-4-7-18(8-5-16)23-13-19-15-3-6-17(10-15)22(19)12-14-2-1-9-21-11-14/h1-2,4-5,7-9,11,15,17,19H,3,6,10,12-13H2/t15-,17-,19+/m1/s1. The fourth-order valence-electron chi connectivity index (χ4n) is 4.08. The highest BCUT2D eigenvalue weighted by Crippen LogP contribution is 2.43. The molecule has 1 aliphatic carbocycles. The third-order valence-electron chi connectivity index (χ3n) is 5.21. The van der Waals surface area contributed by atoms with Crippen molar-refractivity contribution in [3.8, 4) is 5.75 Å². The second-order valence-electron chi connectivity index (χ2n) is 6.59. The molecule has 0 unspecified atom stereocenters. The van der Waals surface area contributed by atoms with Gasteiger partial charge in [-0.1, -0.05) is 6.07 Å². The van der Waals surface area contributed by atoms with Gasteiger partial charge in [-0.3, -0.25) is 9.88 Å². The molecule has 1 saturated carbocycles. The second-order valence-corrected chi connectivity index (χ2v) is 6.59. The molecule has 0 amide bonds. The molecule has 1 aromatic heterocycles. The number of pyridine rings is 1. The van der Waals surface area contributed by atoms with Crippen molar-refractivity contribution in [3.05, 3.63) is 60.2 Å². The lowest BCUT2D eigenvalue weighted by Crippen LogP contribution is -2.43. The Morgan fingerprint density at radius 2 is 2.04 bits per heavy atom. The number of rotatable bonds is 5. The minimum atomic E-state index is -0.226. The summed E-state index contributed by atoms with van der Waals surface area (Å²) in [5.41, 5.74) is 1.26. The van der Waals surface area contributed by atoms with E-state index in [2.05, 4.69) is 16.0 Å². The molecule has 3 nitrogen and oxygen atoms in total. The summed E-state index contributed by atoms with van der Waals surface area (Å²) < 4.78 is 18.9. The summed E-state index contributed by atoms with van der Waals surface area (Å²) in [5, 5.41) is 0. The maximum absolute atomic E-state index is 13.0. The average molecular weight is 312 g/mol. The first-order valence-corrected chi connectivity index (χ1v) is 8.32. The van der Waals surface area contributed by atoms with Crippen molar-refractivity contribution in [1.82, 2.24) is 9.88 Å². The molecule has 0 N–H and O–H groups in total. The predicted octanol–water partition coefficient (Wildman–Crippen LogP) is 3.65. The van der Waals surface area contributed by atoms with Crippen LogP contribution >= 0.6 is 0 Å². The monoisotopic (exact) mass is 312 g/mol. The number of fused-ring (bicyclic) bond motifs is 2. The van der Waals surface area contributed by atoms with Crippen LogP contribution in [0, 0.1) is 11.7 Å². The Bertz CT molecular complexity index is 646. The maximum Gasteiger partial charge on any atom is 0.123 e. The van der Waals surface area contributed by atoms with E-state index in [-0.39, 0.29) is 5.82 Å². The van der Waals surface area contributed by atoms with Crippen molar-refractivity contribution >= 4 is 0 Å². The zero-order chi connectivity index (χ0) is 15.6. The molecule has 1 saturated heterocycles. The van der Waals surface area contributed by atoms with Crippen LogP contribution in [-0.4, -0.2) is 28.6 Å². The minimum Gasteiger partial charge on any atom is -0.492 e. The molecular weight excluding hydrogens is 291 g/mol. The maximum atomic E-state index is 13.0. The van der Waals surface area contributed by atoms with E-state index in [9.17, 15) is 4.39 Å². The van der Waals surface area contributed by atoms with Gasteiger partial charge in [0.2, 0.25) is 0 Å². The Balaban J connectivity index is 1.44. The Labute approximate surface area is 136 Å². The Hall–Kier alpha value is -1.94. The molecule has 4 rings (SSSR count). The van der Waals surface area contributed by atoms with Crippen molar-refractivity contribution < 1.29 is 9.13 Å². The number of aromatic nitrogens is 1. The Morgan fingerprint density at radius 3 is 2.83 bits per heavy atom. The van der Waals surface area contributed by atoms with Crippen molar-refractivity contribution in [2.24, 2.45) is 5.92 Å². The van der Waals surface area contributed by atoms with Gasteiger partial charge in [0.15, 0.2) is 0 Å². The number of hydrogen-bond acceptors (Lipinski definition) is 3. The summed E-state index contributed by atoms with van der Waals surface area (Å²) in [6.45, 7) is 1.61. The van der Waals surface area contributed by atoms with E-state index in [0.717, 1.165) is 18.2 Å². The van der Waals surface area contributed by atoms with E-state index in [4.69, 9.17) is 4.74 Å². The van der Waals surface area contributed by atoms with Crippen LogP contribution in [0.3, 0.4) is 0 Å². The van der Waals surface area contributed by atoms with Crippen molar-refractivity contribution in [1.29, 1.82) is 0 Å². The Kier molecular flexibility index (Phi) is 4.00. The lowest BCUT2D eigenvalue weighted by molar-refractivity contribution is 0.0866. The molecule has 2 heterocycles. The summed E-state index contributed by atoms with van der Waals surface area (Å²) in [5.74, 6) is 1.24. The summed E-state index contributed by atoms with van der Waals surface area (Å²) in [6.07, 6.45) is 7.62. The van der Waals surface area contributed by atoms with Gasteiger partial charge < -0.3 is 4.74 Å². The lowest BCUT2D eigenvalue weighted by atomic mass is 9.99. The van der Waals surface area contributed by atoms with Gasteiger partial charge in [0.25, 0.3) is 0 Å². The molecule has 3 atom stereocenters. The van der Waals surface area contributed by atoms with Gasteiger partial charge in [0.05, 0.1) is 0 Å². The molecular formula is C19H21FN2O. The molecule has 0 radical (unpaired) electrons. The van der Waals surface area contributed by atoms with Crippen LogP contribution < -0.4 is 4.74 Å². The highest BCUT2D eigenvalue weighted by molar-refractivity contribution is 5.22. The lowest BCUT2D eigenvalue weighted by Gasteiger charge is -2.35. The van der Waals surface area contributed by atoms with Gasteiger partial charge in [-0.25, -0.2) is 4.39 Å².